The molecule has 0 N–H and O–H groups in total. The van der Waals surface area contributed by atoms with Gasteiger partial charge in [0.2, 0.25) is 0 Å². The molecular weight excluding hydrogens is 360 g/mol. The van der Waals surface area contributed by atoms with Gasteiger partial charge >= 0.3 is 0 Å². The lowest BCUT2D eigenvalue weighted by molar-refractivity contribution is 0.0932. The number of hydrogen-bond donors (Lipinski definition) is 0. The standard InChI is InChI=1S/C25H33N2O2/c1-20-9-11-22(12-10-20)27(25(28)24-8-5-19-29-24)23-14-17-26(18-15-23)16-13-21-6-3-2-4-7-21/h5-6,8-12,19,21,23H,2-4,7,13-18H2,1H3. The number of amides is 1. The minimum Gasteiger partial charge on any atom is -0.459 e. The van der Waals surface area contributed by atoms with Gasteiger partial charge in [-0.2, -0.15) is 0 Å². The first-order valence-electron chi connectivity index (χ1n) is 11.2. The lowest BCUT2D eigenvalue weighted by Gasteiger charge is -2.38. The maximum absolute atomic E-state index is 13.2. The first-order valence-corrected chi connectivity index (χ1v) is 11.2. The molecule has 1 amide bonds. The summed E-state index contributed by atoms with van der Waals surface area (Å²) in [5.74, 6) is 1.20. The number of carbonyl (C=O) groups is 1. The molecule has 155 valence electrons. The second kappa shape index (κ2) is 9.62. The van der Waals surface area contributed by atoms with E-state index in [1.165, 1.54) is 44.2 Å². The van der Waals surface area contributed by atoms with Gasteiger partial charge in [-0.15, -0.1) is 0 Å². The Labute approximate surface area is 174 Å². The van der Waals surface area contributed by atoms with Gasteiger partial charge in [-0.25, -0.2) is 0 Å². The molecule has 0 bridgehead atoms. The van der Waals surface area contributed by atoms with Crippen LogP contribution in [0.4, 0.5) is 5.69 Å². The Bertz CT molecular complexity index is 755. The van der Waals surface area contributed by atoms with Crippen molar-refractivity contribution >= 4 is 11.6 Å². The van der Waals surface area contributed by atoms with Crippen LogP contribution in [0.15, 0.2) is 47.1 Å². The van der Waals surface area contributed by atoms with Gasteiger partial charge in [-0.05, 0) is 75.8 Å². The smallest absolute Gasteiger partial charge is 0.294 e. The SMILES string of the molecule is Cc1ccc(N(C(=O)c2ccco2)C2CCN(CCC3[CH]CCCC3)CC2)cc1. The molecule has 1 unspecified atom stereocenters. The molecule has 0 spiro atoms. The van der Waals surface area contributed by atoms with Crippen molar-refractivity contribution in [2.45, 2.75) is 57.9 Å². The molecule has 2 aromatic rings. The maximum Gasteiger partial charge on any atom is 0.294 e. The molecule has 4 rings (SSSR count). The molecule has 1 aromatic heterocycles. The van der Waals surface area contributed by atoms with Crippen LogP contribution in [0.5, 0.6) is 0 Å². The van der Waals surface area contributed by atoms with Gasteiger partial charge in [0.1, 0.15) is 0 Å². The number of piperidine rings is 1. The lowest BCUT2D eigenvalue weighted by Crippen LogP contribution is -2.48. The average molecular weight is 394 g/mol. The first-order chi connectivity index (χ1) is 14.2. The Morgan fingerprint density at radius 2 is 1.90 bits per heavy atom. The summed E-state index contributed by atoms with van der Waals surface area (Å²) in [4.78, 5) is 17.8. The topological polar surface area (TPSA) is 36.7 Å². The molecule has 4 heteroatoms. The van der Waals surface area contributed by atoms with Crippen LogP contribution in [-0.2, 0) is 0 Å². The first kappa shape index (κ1) is 20.2. The van der Waals surface area contributed by atoms with Crippen molar-refractivity contribution in [2.75, 3.05) is 24.5 Å². The van der Waals surface area contributed by atoms with E-state index in [1.807, 2.05) is 4.90 Å². The van der Waals surface area contributed by atoms with Gasteiger partial charge in [0.05, 0.1) is 6.26 Å². The quantitative estimate of drug-likeness (QED) is 0.652. The Balaban J connectivity index is 1.39. The summed E-state index contributed by atoms with van der Waals surface area (Å²) >= 11 is 0. The molecule has 29 heavy (non-hydrogen) atoms. The van der Waals surface area contributed by atoms with E-state index in [0.29, 0.717) is 5.76 Å². The van der Waals surface area contributed by atoms with Crippen molar-refractivity contribution in [3.8, 4) is 0 Å². The number of furan rings is 1. The third kappa shape index (κ3) is 5.11. The molecule has 2 fully saturated rings. The molecule has 1 atom stereocenters. The molecule has 1 saturated carbocycles. The summed E-state index contributed by atoms with van der Waals surface area (Å²) in [7, 11) is 0. The van der Waals surface area contributed by atoms with Crippen molar-refractivity contribution in [1.29, 1.82) is 0 Å². The van der Waals surface area contributed by atoms with Crippen LogP contribution >= 0.6 is 0 Å². The van der Waals surface area contributed by atoms with E-state index in [0.717, 1.165) is 37.5 Å². The van der Waals surface area contributed by atoms with Gasteiger partial charge in [0.15, 0.2) is 5.76 Å². The van der Waals surface area contributed by atoms with E-state index in [9.17, 15) is 4.79 Å². The number of aryl methyl sites for hydroxylation is 1. The summed E-state index contributed by atoms with van der Waals surface area (Å²) in [5, 5.41) is 0. The van der Waals surface area contributed by atoms with Crippen LogP contribution in [-0.4, -0.2) is 36.5 Å². The van der Waals surface area contributed by atoms with Crippen LogP contribution < -0.4 is 4.90 Å². The second-order valence-electron chi connectivity index (χ2n) is 8.63. The van der Waals surface area contributed by atoms with Crippen molar-refractivity contribution in [2.24, 2.45) is 5.92 Å². The Hall–Kier alpha value is -2.07. The van der Waals surface area contributed by atoms with Gasteiger partial charge in [0.25, 0.3) is 5.91 Å². The predicted octanol–water partition coefficient (Wildman–Crippen LogP) is 5.48. The fourth-order valence-electron chi connectivity index (χ4n) is 4.75. The predicted molar refractivity (Wildman–Crippen MR) is 117 cm³/mol. The van der Waals surface area contributed by atoms with Crippen LogP contribution in [0.25, 0.3) is 0 Å². The Kier molecular flexibility index (Phi) is 6.70. The zero-order valence-electron chi connectivity index (χ0n) is 17.6. The fourth-order valence-corrected chi connectivity index (χ4v) is 4.75. The van der Waals surface area contributed by atoms with E-state index < -0.39 is 0 Å². The van der Waals surface area contributed by atoms with Crippen molar-refractivity contribution < 1.29 is 9.21 Å². The van der Waals surface area contributed by atoms with Gasteiger partial charge in [-0.1, -0.05) is 37.0 Å². The van der Waals surface area contributed by atoms with Gasteiger partial charge in [0, 0.05) is 24.8 Å². The third-order valence-electron chi connectivity index (χ3n) is 6.53. The van der Waals surface area contributed by atoms with E-state index >= 15 is 0 Å². The molecule has 1 aliphatic heterocycles. The highest BCUT2D eigenvalue weighted by atomic mass is 16.3. The molecule has 1 radical (unpaired) electrons. The van der Waals surface area contributed by atoms with Crippen LogP contribution in [0.1, 0.15) is 61.1 Å². The number of benzene rings is 1. The van der Waals surface area contributed by atoms with Gasteiger partial charge in [-0.3, -0.25) is 4.79 Å². The third-order valence-corrected chi connectivity index (χ3v) is 6.53. The maximum atomic E-state index is 13.2. The molecule has 2 heterocycles. The minimum absolute atomic E-state index is 0.0332. The van der Waals surface area contributed by atoms with Crippen molar-refractivity contribution in [1.82, 2.24) is 4.90 Å². The fraction of sp³-hybridized carbons (Fsp3) is 0.520. The highest BCUT2D eigenvalue weighted by molar-refractivity contribution is 6.04. The molecular formula is C25H33N2O2. The number of rotatable bonds is 6. The molecule has 2 aliphatic rings. The summed E-state index contributed by atoms with van der Waals surface area (Å²) in [5.41, 5.74) is 2.17. The molecule has 4 nitrogen and oxygen atoms in total. The molecule has 1 aliphatic carbocycles. The Morgan fingerprint density at radius 1 is 1.10 bits per heavy atom. The van der Waals surface area contributed by atoms with Crippen molar-refractivity contribution in [3.05, 3.63) is 60.4 Å². The van der Waals surface area contributed by atoms with E-state index in [2.05, 4.69) is 42.5 Å². The summed E-state index contributed by atoms with van der Waals surface area (Å²) in [6.45, 7) is 5.38. The number of nitrogens with zero attached hydrogens (tertiary/aromatic N) is 2. The number of hydrogen-bond acceptors (Lipinski definition) is 3. The molecule has 1 aromatic carbocycles. The van der Waals surface area contributed by atoms with E-state index in [4.69, 9.17) is 4.42 Å². The highest BCUT2D eigenvalue weighted by Crippen LogP contribution is 2.28. The zero-order valence-corrected chi connectivity index (χ0v) is 17.6. The van der Waals surface area contributed by atoms with Crippen molar-refractivity contribution in [3.63, 3.8) is 0 Å². The monoisotopic (exact) mass is 393 g/mol. The van der Waals surface area contributed by atoms with E-state index in [1.54, 1.807) is 18.4 Å². The zero-order chi connectivity index (χ0) is 20.1. The Morgan fingerprint density at radius 3 is 2.55 bits per heavy atom. The lowest BCUT2D eigenvalue weighted by atomic mass is 9.87. The van der Waals surface area contributed by atoms with E-state index in [-0.39, 0.29) is 11.9 Å². The number of likely N-dealkylation sites (tertiary alicyclic amines) is 1. The number of carbonyl (C=O) groups excluding carboxylic acids is 1. The van der Waals surface area contributed by atoms with Gasteiger partial charge < -0.3 is 14.2 Å². The normalized spacial score (nSPS) is 19.3. The average Bonchev–Trinajstić information content (AvgIpc) is 3.30. The second-order valence-corrected chi connectivity index (χ2v) is 8.63. The number of anilines is 1. The minimum atomic E-state index is -0.0332. The van der Waals surface area contributed by atoms with Crippen LogP contribution in [0.3, 0.4) is 0 Å². The van der Waals surface area contributed by atoms with Crippen LogP contribution in [0.2, 0.25) is 0 Å². The summed E-state index contributed by atoms with van der Waals surface area (Å²) in [6.07, 6.45) is 12.9. The summed E-state index contributed by atoms with van der Waals surface area (Å²) in [6, 6.07) is 12.0. The molecule has 1 saturated heterocycles. The van der Waals surface area contributed by atoms with Crippen LogP contribution in [0, 0.1) is 19.3 Å². The summed E-state index contributed by atoms with van der Waals surface area (Å²) < 4.78 is 5.43. The highest BCUT2D eigenvalue weighted by Gasteiger charge is 2.31. The largest absolute Gasteiger partial charge is 0.459 e.